The Hall–Kier alpha value is -1.09. The molecule has 112 valence electrons. The van der Waals surface area contributed by atoms with Gasteiger partial charge < -0.3 is 9.84 Å². The predicted molar refractivity (Wildman–Crippen MR) is 79.2 cm³/mol. The maximum Gasteiger partial charge on any atom is 0.333 e. The van der Waals surface area contributed by atoms with E-state index in [1.165, 1.54) is 0 Å². The van der Waals surface area contributed by atoms with Gasteiger partial charge in [-0.05, 0) is 57.9 Å². The van der Waals surface area contributed by atoms with E-state index in [-0.39, 0.29) is 11.4 Å². The molecular weight excluding hydrogens is 252 g/mol. The zero-order valence-electron chi connectivity index (χ0n) is 13.0. The van der Waals surface area contributed by atoms with Gasteiger partial charge in [0.2, 0.25) is 0 Å². The Morgan fingerprint density at radius 3 is 2.90 bits per heavy atom. The predicted octanol–water partition coefficient (Wildman–Crippen LogP) is 3.38. The van der Waals surface area contributed by atoms with Gasteiger partial charge in [0.1, 0.15) is 0 Å². The van der Waals surface area contributed by atoms with Gasteiger partial charge in [-0.3, -0.25) is 0 Å². The third-order valence-electron chi connectivity index (χ3n) is 5.46. The molecule has 3 atom stereocenters. The van der Waals surface area contributed by atoms with E-state index in [9.17, 15) is 9.90 Å². The summed E-state index contributed by atoms with van der Waals surface area (Å²) in [6, 6.07) is 0. The summed E-state index contributed by atoms with van der Waals surface area (Å²) in [4.78, 5) is 11.5. The third kappa shape index (κ3) is 2.22. The average Bonchev–Trinajstić information content (AvgIpc) is 2.41. The lowest BCUT2D eigenvalue weighted by molar-refractivity contribution is -0.189. The minimum Gasteiger partial charge on any atom is -0.463 e. The van der Waals surface area contributed by atoms with Gasteiger partial charge in [0, 0.05) is 11.0 Å². The fourth-order valence-corrected chi connectivity index (χ4v) is 3.79. The highest BCUT2D eigenvalue weighted by atomic mass is 16.5. The molecule has 0 saturated heterocycles. The minimum absolute atomic E-state index is 0.0444. The van der Waals surface area contributed by atoms with Crippen LogP contribution in [0.5, 0.6) is 0 Å². The number of carbonyl (C=O) groups excluding carboxylic acids is 1. The van der Waals surface area contributed by atoms with E-state index in [2.05, 4.69) is 13.0 Å². The van der Waals surface area contributed by atoms with Crippen molar-refractivity contribution in [3.63, 3.8) is 0 Å². The van der Waals surface area contributed by atoms with Crippen molar-refractivity contribution in [2.45, 2.75) is 59.0 Å². The fourth-order valence-electron chi connectivity index (χ4n) is 3.79. The first-order chi connectivity index (χ1) is 9.35. The van der Waals surface area contributed by atoms with Crippen molar-refractivity contribution in [2.24, 2.45) is 11.3 Å². The number of carbonyl (C=O) groups is 1. The van der Waals surface area contributed by atoms with Crippen molar-refractivity contribution < 1.29 is 14.6 Å². The second-order valence-electron chi connectivity index (χ2n) is 6.45. The van der Waals surface area contributed by atoms with Crippen molar-refractivity contribution in [2.75, 3.05) is 6.61 Å². The first kappa shape index (κ1) is 15.3. The Morgan fingerprint density at radius 2 is 2.30 bits per heavy atom. The Labute approximate surface area is 121 Å². The van der Waals surface area contributed by atoms with Gasteiger partial charge in [0.25, 0.3) is 0 Å². The van der Waals surface area contributed by atoms with Crippen LogP contribution < -0.4 is 0 Å². The molecule has 0 aliphatic heterocycles. The van der Waals surface area contributed by atoms with Gasteiger partial charge in [0.05, 0.1) is 12.2 Å². The molecule has 1 saturated carbocycles. The van der Waals surface area contributed by atoms with Crippen LogP contribution in [0.3, 0.4) is 0 Å². The second-order valence-corrected chi connectivity index (χ2v) is 6.45. The maximum absolute atomic E-state index is 11.5. The molecule has 3 heteroatoms. The van der Waals surface area contributed by atoms with Gasteiger partial charge in [-0.15, -0.1) is 0 Å². The maximum atomic E-state index is 11.5. The van der Waals surface area contributed by atoms with Gasteiger partial charge in [-0.25, -0.2) is 4.79 Å². The van der Waals surface area contributed by atoms with E-state index in [1.54, 1.807) is 6.92 Å². The molecule has 0 aromatic heterocycles. The largest absolute Gasteiger partial charge is 0.463 e. The van der Waals surface area contributed by atoms with Gasteiger partial charge in [-0.2, -0.15) is 0 Å². The topological polar surface area (TPSA) is 46.5 Å². The highest BCUT2D eigenvalue weighted by Crippen LogP contribution is 2.64. The van der Waals surface area contributed by atoms with Gasteiger partial charge in [-0.1, -0.05) is 19.1 Å². The Balaban J connectivity index is 1.97. The molecule has 0 heterocycles. The van der Waals surface area contributed by atoms with Crippen LogP contribution in [0.25, 0.3) is 0 Å². The number of allylic oxidation sites excluding steroid dienone is 2. The number of fused-ring (bicyclic) bond motifs is 1. The average molecular weight is 278 g/mol. The standard InChI is InChI=1S/C17H26O3/c1-5-20-15(18)12(2)7-6-10-16(4)14-9-8-13(3)17(16,19)11-14/h7-8,14,19H,5-6,9-11H2,1-4H3/b12-7+/t14-,16-,17+/m0/s1. The monoisotopic (exact) mass is 278 g/mol. The van der Waals surface area contributed by atoms with Crippen LogP contribution in [0.4, 0.5) is 0 Å². The molecule has 3 aliphatic rings. The van der Waals surface area contributed by atoms with Crippen LogP contribution in [-0.2, 0) is 9.53 Å². The number of hydrogen-bond acceptors (Lipinski definition) is 3. The van der Waals surface area contributed by atoms with E-state index in [1.807, 2.05) is 19.9 Å². The zero-order valence-corrected chi connectivity index (χ0v) is 13.0. The van der Waals surface area contributed by atoms with Crippen molar-refractivity contribution in [1.29, 1.82) is 0 Å². The molecule has 0 unspecified atom stereocenters. The minimum atomic E-state index is -0.623. The lowest BCUT2D eigenvalue weighted by atomic mass is 9.44. The second kappa shape index (κ2) is 5.36. The number of hydrogen-bond donors (Lipinski definition) is 1. The van der Waals surface area contributed by atoms with Crippen LogP contribution in [0, 0.1) is 11.3 Å². The first-order valence-electron chi connectivity index (χ1n) is 7.58. The molecule has 3 rings (SSSR count). The summed E-state index contributed by atoms with van der Waals surface area (Å²) in [5.41, 5.74) is 1.12. The van der Waals surface area contributed by atoms with Crippen molar-refractivity contribution >= 4 is 5.97 Å². The highest BCUT2D eigenvalue weighted by Gasteiger charge is 2.63. The number of esters is 1. The van der Waals surface area contributed by atoms with Crippen molar-refractivity contribution in [3.05, 3.63) is 23.3 Å². The summed E-state index contributed by atoms with van der Waals surface area (Å²) in [6.45, 7) is 8.24. The van der Waals surface area contributed by atoms with Crippen LogP contribution in [0.2, 0.25) is 0 Å². The number of ether oxygens (including phenoxy) is 1. The molecule has 1 N–H and O–H groups in total. The SMILES string of the molecule is CCOC(=O)/C(C)=C/CC[C@@]1(C)[C@H]2CC=C(C)[C@]1(O)C2. The molecule has 0 amide bonds. The highest BCUT2D eigenvalue weighted by molar-refractivity contribution is 5.87. The number of rotatable bonds is 5. The molecule has 0 aromatic rings. The molecule has 2 bridgehead atoms. The van der Waals surface area contributed by atoms with Crippen LogP contribution in [0.15, 0.2) is 23.3 Å². The summed E-state index contributed by atoms with van der Waals surface area (Å²) < 4.78 is 4.97. The lowest BCUT2D eigenvalue weighted by Gasteiger charge is -2.64. The molecule has 3 aliphatic carbocycles. The molecule has 0 spiro atoms. The van der Waals surface area contributed by atoms with Gasteiger partial charge in [0.15, 0.2) is 0 Å². The Kier molecular flexibility index (Phi) is 4.10. The van der Waals surface area contributed by atoms with Gasteiger partial charge >= 0.3 is 5.97 Å². The molecule has 3 nitrogen and oxygen atoms in total. The molecule has 0 radical (unpaired) electrons. The van der Waals surface area contributed by atoms with Crippen LogP contribution in [-0.4, -0.2) is 23.3 Å². The summed E-state index contributed by atoms with van der Waals surface area (Å²) in [7, 11) is 0. The van der Waals surface area contributed by atoms with E-state index < -0.39 is 5.60 Å². The van der Waals surface area contributed by atoms with E-state index in [0.717, 1.165) is 31.3 Å². The quantitative estimate of drug-likeness (QED) is 0.476. The summed E-state index contributed by atoms with van der Waals surface area (Å²) >= 11 is 0. The molecule has 20 heavy (non-hydrogen) atoms. The summed E-state index contributed by atoms with van der Waals surface area (Å²) in [5.74, 6) is 0.341. The van der Waals surface area contributed by atoms with E-state index in [0.29, 0.717) is 18.1 Å². The molecule has 0 aromatic carbocycles. The normalized spacial score (nSPS) is 36.1. The first-order valence-corrected chi connectivity index (χ1v) is 7.58. The van der Waals surface area contributed by atoms with E-state index >= 15 is 0 Å². The molecule has 1 fully saturated rings. The van der Waals surface area contributed by atoms with E-state index in [4.69, 9.17) is 4.74 Å². The van der Waals surface area contributed by atoms with Crippen molar-refractivity contribution in [3.8, 4) is 0 Å². The van der Waals surface area contributed by atoms with Crippen molar-refractivity contribution in [1.82, 2.24) is 0 Å². The van der Waals surface area contributed by atoms with Crippen LogP contribution in [0.1, 0.15) is 53.4 Å². The summed E-state index contributed by atoms with van der Waals surface area (Å²) in [5, 5.41) is 10.8. The lowest BCUT2D eigenvalue weighted by Crippen LogP contribution is -2.64. The Bertz CT molecular complexity index is 463. The summed E-state index contributed by atoms with van der Waals surface area (Å²) in [6.07, 6.45) is 7.82. The Morgan fingerprint density at radius 1 is 1.60 bits per heavy atom. The van der Waals surface area contributed by atoms with Crippen LogP contribution >= 0.6 is 0 Å². The smallest absolute Gasteiger partial charge is 0.333 e. The fraction of sp³-hybridized carbons (Fsp3) is 0.706. The number of aliphatic hydroxyl groups is 1. The molecular formula is C17H26O3. The third-order valence-corrected chi connectivity index (χ3v) is 5.46. The zero-order chi connectivity index (χ0) is 15.0.